The minimum absolute atomic E-state index is 0.0273. The van der Waals surface area contributed by atoms with Crippen LogP contribution in [-0.4, -0.2) is 18.3 Å². The Bertz CT molecular complexity index is 491. The largest absolute Gasteiger partial charge is 0.395 e. The van der Waals surface area contributed by atoms with Gasteiger partial charge in [-0.3, -0.25) is 0 Å². The maximum atomic E-state index is 13.0. The van der Waals surface area contributed by atoms with Gasteiger partial charge in [0, 0.05) is 16.8 Å². The highest BCUT2D eigenvalue weighted by Crippen LogP contribution is 2.29. The first-order valence-electron chi connectivity index (χ1n) is 6.29. The molecule has 0 aliphatic heterocycles. The maximum Gasteiger partial charge on any atom is 0.123 e. The molecule has 0 fully saturated rings. The van der Waals surface area contributed by atoms with Gasteiger partial charge in [0.25, 0.3) is 0 Å². The van der Waals surface area contributed by atoms with Gasteiger partial charge in [-0.25, -0.2) is 4.39 Å². The van der Waals surface area contributed by atoms with E-state index in [-0.39, 0.29) is 12.4 Å². The van der Waals surface area contributed by atoms with Crippen molar-refractivity contribution in [3.8, 4) is 0 Å². The topological polar surface area (TPSA) is 46.2 Å². The lowest BCUT2D eigenvalue weighted by atomic mass is 9.77. The minimum Gasteiger partial charge on any atom is -0.395 e. The predicted octanol–water partition coefficient (Wildman–Crippen LogP) is 2.71. The van der Waals surface area contributed by atoms with Gasteiger partial charge in [0.05, 0.1) is 6.61 Å². The van der Waals surface area contributed by atoms with E-state index in [0.717, 1.165) is 18.4 Å². The van der Waals surface area contributed by atoms with Crippen LogP contribution >= 0.6 is 11.3 Å². The lowest BCUT2D eigenvalue weighted by Crippen LogP contribution is -2.39. The number of hydrogen-bond acceptors (Lipinski definition) is 3. The van der Waals surface area contributed by atoms with Crippen molar-refractivity contribution in [3.63, 3.8) is 0 Å². The van der Waals surface area contributed by atoms with Crippen molar-refractivity contribution in [1.29, 1.82) is 0 Å². The average Bonchev–Trinajstić information content (AvgIpc) is 2.95. The van der Waals surface area contributed by atoms with Crippen LogP contribution in [0.1, 0.15) is 16.9 Å². The zero-order chi connectivity index (χ0) is 13.7. The van der Waals surface area contributed by atoms with Crippen molar-refractivity contribution in [2.24, 2.45) is 5.73 Å². The Morgan fingerprint density at radius 1 is 1.21 bits per heavy atom. The molecule has 1 heterocycles. The molecule has 1 atom stereocenters. The van der Waals surface area contributed by atoms with Crippen LogP contribution in [0.5, 0.6) is 0 Å². The summed E-state index contributed by atoms with van der Waals surface area (Å²) in [6.07, 6.45) is 1.62. The standard InChI is InChI=1S/C15H18FNOS/c16-13-5-3-12(4-6-13)15(10-17,11-18)8-7-14-2-1-9-19-14/h1-6,9,18H,7-8,10-11,17H2. The summed E-state index contributed by atoms with van der Waals surface area (Å²) in [4.78, 5) is 1.27. The number of halogens is 1. The number of hydrogen-bond donors (Lipinski definition) is 2. The molecule has 2 rings (SSSR count). The fourth-order valence-corrected chi connectivity index (χ4v) is 2.93. The van der Waals surface area contributed by atoms with E-state index >= 15 is 0 Å². The van der Waals surface area contributed by atoms with Crippen LogP contribution in [0.4, 0.5) is 4.39 Å². The first-order chi connectivity index (χ1) is 9.20. The third kappa shape index (κ3) is 3.21. The second kappa shape index (κ2) is 6.28. The van der Waals surface area contributed by atoms with Gasteiger partial charge in [-0.15, -0.1) is 11.3 Å². The fourth-order valence-electron chi connectivity index (χ4n) is 2.22. The summed E-state index contributed by atoms with van der Waals surface area (Å²) in [6.45, 7) is 0.320. The van der Waals surface area contributed by atoms with Gasteiger partial charge >= 0.3 is 0 Å². The van der Waals surface area contributed by atoms with Crippen molar-refractivity contribution < 1.29 is 9.50 Å². The van der Waals surface area contributed by atoms with Crippen molar-refractivity contribution in [2.45, 2.75) is 18.3 Å². The third-order valence-electron chi connectivity index (χ3n) is 3.58. The predicted molar refractivity (Wildman–Crippen MR) is 76.9 cm³/mol. The maximum absolute atomic E-state index is 13.0. The summed E-state index contributed by atoms with van der Waals surface area (Å²) in [7, 11) is 0. The molecule has 0 amide bonds. The Kier molecular flexibility index (Phi) is 4.69. The number of aliphatic hydroxyl groups excluding tert-OH is 1. The lowest BCUT2D eigenvalue weighted by Gasteiger charge is -2.31. The molecule has 0 saturated heterocycles. The number of thiophene rings is 1. The molecule has 1 aromatic carbocycles. The Hall–Kier alpha value is -1.23. The zero-order valence-electron chi connectivity index (χ0n) is 10.7. The second-order valence-corrected chi connectivity index (χ2v) is 5.76. The van der Waals surface area contributed by atoms with Crippen LogP contribution in [-0.2, 0) is 11.8 Å². The fraction of sp³-hybridized carbons (Fsp3) is 0.333. The van der Waals surface area contributed by atoms with E-state index < -0.39 is 5.41 Å². The molecule has 102 valence electrons. The Morgan fingerprint density at radius 2 is 1.95 bits per heavy atom. The van der Waals surface area contributed by atoms with E-state index in [0.29, 0.717) is 6.54 Å². The van der Waals surface area contributed by atoms with Gasteiger partial charge in [-0.1, -0.05) is 18.2 Å². The summed E-state index contributed by atoms with van der Waals surface area (Å²) in [5.41, 5.74) is 6.29. The molecule has 3 N–H and O–H groups in total. The molecular formula is C15H18FNOS. The Balaban J connectivity index is 2.19. The average molecular weight is 279 g/mol. The monoisotopic (exact) mass is 279 g/mol. The molecule has 0 aliphatic rings. The van der Waals surface area contributed by atoms with Crippen LogP contribution in [0, 0.1) is 5.82 Å². The highest BCUT2D eigenvalue weighted by atomic mass is 32.1. The van der Waals surface area contributed by atoms with E-state index in [1.807, 2.05) is 11.4 Å². The molecule has 19 heavy (non-hydrogen) atoms. The first kappa shape index (κ1) is 14.2. The van der Waals surface area contributed by atoms with E-state index in [1.165, 1.54) is 17.0 Å². The van der Waals surface area contributed by atoms with Gasteiger partial charge in [0.15, 0.2) is 0 Å². The summed E-state index contributed by atoms with van der Waals surface area (Å²) in [6, 6.07) is 10.4. The normalized spacial score (nSPS) is 14.3. The van der Waals surface area contributed by atoms with E-state index in [2.05, 4.69) is 6.07 Å². The molecule has 1 aromatic heterocycles. The molecule has 4 heteroatoms. The summed E-state index contributed by atoms with van der Waals surface area (Å²) in [5.74, 6) is -0.272. The van der Waals surface area contributed by atoms with E-state index in [1.54, 1.807) is 23.5 Å². The van der Waals surface area contributed by atoms with Crippen LogP contribution in [0.25, 0.3) is 0 Å². The van der Waals surface area contributed by atoms with E-state index in [4.69, 9.17) is 5.73 Å². The lowest BCUT2D eigenvalue weighted by molar-refractivity contribution is 0.188. The number of nitrogens with two attached hydrogens (primary N) is 1. The van der Waals surface area contributed by atoms with Crippen molar-refractivity contribution in [3.05, 3.63) is 58.0 Å². The molecule has 0 radical (unpaired) electrons. The molecule has 0 aliphatic carbocycles. The highest BCUT2D eigenvalue weighted by molar-refractivity contribution is 7.09. The molecule has 1 unspecified atom stereocenters. The molecule has 0 spiro atoms. The second-order valence-electron chi connectivity index (χ2n) is 4.73. The SMILES string of the molecule is NCC(CO)(CCc1cccs1)c1ccc(F)cc1. The Labute approximate surface area is 116 Å². The van der Waals surface area contributed by atoms with Gasteiger partial charge < -0.3 is 10.8 Å². The molecule has 2 aromatic rings. The zero-order valence-corrected chi connectivity index (χ0v) is 11.5. The number of aliphatic hydroxyl groups is 1. The Morgan fingerprint density at radius 3 is 2.47 bits per heavy atom. The van der Waals surface area contributed by atoms with Crippen LogP contribution in [0.15, 0.2) is 41.8 Å². The van der Waals surface area contributed by atoms with Crippen molar-refractivity contribution in [2.75, 3.05) is 13.2 Å². The minimum atomic E-state index is -0.488. The van der Waals surface area contributed by atoms with Crippen LogP contribution in [0.2, 0.25) is 0 Å². The molecule has 2 nitrogen and oxygen atoms in total. The van der Waals surface area contributed by atoms with Gasteiger partial charge in [0.1, 0.15) is 5.82 Å². The molecule has 0 bridgehead atoms. The highest BCUT2D eigenvalue weighted by Gasteiger charge is 2.30. The first-order valence-corrected chi connectivity index (χ1v) is 7.17. The summed E-state index contributed by atoms with van der Waals surface area (Å²) >= 11 is 1.70. The third-order valence-corrected chi connectivity index (χ3v) is 4.52. The molecular weight excluding hydrogens is 261 g/mol. The van der Waals surface area contributed by atoms with E-state index in [9.17, 15) is 9.50 Å². The summed E-state index contributed by atoms with van der Waals surface area (Å²) < 4.78 is 13.0. The van der Waals surface area contributed by atoms with Crippen LogP contribution < -0.4 is 5.73 Å². The van der Waals surface area contributed by atoms with Gasteiger partial charge in [-0.05, 0) is 42.0 Å². The van der Waals surface area contributed by atoms with Crippen molar-refractivity contribution >= 4 is 11.3 Å². The summed E-state index contributed by atoms with van der Waals surface area (Å²) in [5, 5.41) is 11.8. The number of rotatable bonds is 6. The smallest absolute Gasteiger partial charge is 0.123 e. The van der Waals surface area contributed by atoms with Crippen molar-refractivity contribution in [1.82, 2.24) is 0 Å². The molecule has 0 saturated carbocycles. The number of aryl methyl sites for hydroxylation is 1. The van der Waals surface area contributed by atoms with Gasteiger partial charge in [-0.2, -0.15) is 0 Å². The van der Waals surface area contributed by atoms with Gasteiger partial charge in [0.2, 0.25) is 0 Å². The number of benzene rings is 1. The quantitative estimate of drug-likeness (QED) is 0.854. The van der Waals surface area contributed by atoms with Crippen LogP contribution in [0.3, 0.4) is 0 Å².